The molecule has 0 unspecified atom stereocenters. The molecule has 4 rings (SSSR count). The van der Waals surface area contributed by atoms with Gasteiger partial charge in [0.05, 0.1) is 10.6 Å². The average molecular weight is 511 g/mol. The Bertz CT molecular complexity index is 1490. The molecule has 0 fully saturated rings. The van der Waals surface area contributed by atoms with E-state index in [9.17, 15) is 13.2 Å². The van der Waals surface area contributed by atoms with Gasteiger partial charge in [0, 0.05) is 16.3 Å². The van der Waals surface area contributed by atoms with E-state index in [0.29, 0.717) is 16.3 Å². The molecule has 0 radical (unpaired) electrons. The lowest BCUT2D eigenvalue weighted by Gasteiger charge is -2.10. The summed E-state index contributed by atoms with van der Waals surface area (Å²) in [6.07, 6.45) is 0. The molecule has 0 aliphatic heterocycles. The molecule has 1 aromatic heterocycles. The minimum atomic E-state index is -4.04. The molecule has 0 spiro atoms. The first-order valence-electron chi connectivity index (χ1n) is 10.5. The molecule has 0 bridgehead atoms. The van der Waals surface area contributed by atoms with Crippen LogP contribution in [0.3, 0.4) is 0 Å². The maximum Gasteiger partial charge on any atom is 0.211 e. The number of nitrogens with two attached hydrogens (primary N) is 1. The Labute approximate surface area is 208 Å². The third-order valence-corrected chi connectivity index (χ3v) is 8.79. The zero-order valence-electron chi connectivity index (χ0n) is 18.8. The van der Waals surface area contributed by atoms with Crippen LogP contribution in [0.1, 0.15) is 31.9 Å². The predicted molar refractivity (Wildman–Crippen MR) is 139 cm³/mol. The minimum Gasteiger partial charge on any atom is -0.396 e. The number of anilines is 3. The van der Waals surface area contributed by atoms with Crippen molar-refractivity contribution in [2.45, 2.75) is 30.6 Å². The van der Waals surface area contributed by atoms with Crippen molar-refractivity contribution in [3.05, 3.63) is 98.9 Å². The van der Waals surface area contributed by atoms with E-state index in [0.717, 1.165) is 28.0 Å². The molecule has 8 heteroatoms. The van der Waals surface area contributed by atoms with Gasteiger partial charge in [-0.15, -0.1) is 11.3 Å². The molecule has 0 atom stereocenters. The van der Waals surface area contributed by atoms with E-state index in [2.05, 4.69) is 5.32 Å². The summed E-state index contributed by atoms with van der Waals surface area (Å²) >= 11 is 6.99. The lowest BCUT2D eigenvalue weighted by Crippen LogP contribution is -2.09. The first-order valence-corrected chi connectivity index (χ1v) is 13.1. The van der Waals surface area contributed by atoms with E-state index in [4.69, 9.17) is 17.3 Å². The summed E-state index contributed by atoms with van der Waals surface area (Å²) in [5.41, 5.74) is 10.4. The van der Waals surface area contributed by atoms with Gasteiger partial charge in [0.1, 0.15) is 14.8 Å². The van der Waals surface area contributed by atoms with Crippen LogP contribution in [-0.4, -0.2) is 14.2 Å². The molecule has 174 valence electrons. The van der Waals surface area contributed by atoms with Crippen molar-refractivity contribution in [1.82, 2.24) is 0 Å². The first-order chi connectivity index (χ1) is 16.1. The van der Waals surface area contributed by atoms with Gasteiger partial charge >= 0.3 is 0 Å². The van der Waals surface area contributed by atoms with E-state index in [1.54, 1.807) is 6.07 Å². The Balaban J connectivity index is 1.89. The lowest BCUT2D eigenvalue weighted by atomic mass is 10.0. The summed E-state index contributed by atoms with van der Waals surface area (Å²) in [6, 6.07) is 18.9. The van der Waals surface area contributed by atoms with E-state index >= 15 is 0 Å². The number of thiophene rings is 1. The summed E-state index contributed by atoms with van der Waals surface area (Å²) in [4.78, 5) is 13.6. The largest absolute Gasteiger partial charge is 0.396 e. The molecule has 5 nitrogen and oxygen atoms in total. The quantitative estimate of drug-likeness (QED) is 0.281. The number of aryl methyl sites for hydroxylation is 3. The maximum atomic E-state index is 13.6. The van der Waals surface area contributed by atoms with Gasteiger partial charge < -0.3 is 11.1 Å². The number of nitrogen functional groups attached to an aromatic ring is 1. The molecular formula is C26H23ClN2O3S2. The van der Waals surface area contributed by atoms with Gasteiger partial charge in [0.2, 0.25) is 15.6 Å². The van der Waals surface area contributed by atoms with Crippen molar-refractivity contribution in [3.8, 4) is 0 Å². The highest BCUT2D eigenvalue weighted by atomic mass is 35.5. The number of sulfone groups is 1. The maximum absolute atomic E-state index is 13.6. The van der Waals surface area contributed by atoms with Gasteiger partial charge in [0.25, 0.3) is 0 Å². The average Bonchev–Trinajstić information content (AvgIpc) is 3.11. The highest BCUT2D eigenvalue weighted by molar-refractivity contribution is 7.92. The van der Waals surface area contributed by atoms with Crippen LogP contribution in [0, 0.1) is 20.8 Å². The Morgan fingerprint density at radius 1 is 0.912 bits per heavy atom. The third-order valence-electron chi connectivity index (χ3n) is 5.43. The number of halogens is 1. The second kappa shape index (κ2) is 9.25. The van der Waals surface area contributed by atoms with Gasteiger partial charge in [-0.2, -0.15) is 0 Å². The number of nitrogens with one attached hydrogen (secondary N) is 1. The van der Waals surface area contributed by atoms with Crippen LogP contribution in [0.25, 0.3) is 0 Å². The minimum absolute atomic E-state index is 0.0406. The fraction of sp³-hybridized carbons (Fsp3) is 0.115. The van der Waals surface area contributed by atoms with Gasteiger partial charge in [-0.1, -0.05) is 53.1 Å². The smallest absolute Gasteiger partial charge is 0.211 e. The Morgan fingerprint density at radius 2 is 1.53 bits per heavy atom. The number of hydrogen-bond donors (Lipinski definition) is 2. The zero-order valence-corrected chi connectivity index (χ0v) is 21.2. The summed E-state index contributed by atoms with van der Waals surface area (Å²) < 4.78 is 27.3. The van der Waals surface area contributed by atoms with Crippen LogP contribution in [0.15, 0.2) is 76.5 Å². The second-order valence-corrected chi connectivity index (χ2v) is 11.4. The Morgan fingerprint density at radius 3 is 2.15 bits per heavy atom. The van der Waals surface area contributed by atoms with Crippen molar-refractivity contribution >= 4 is 54.9 Å². The van der Waals surface area contributed by atoms with Crippen LogP contribution < -0.4 is 11.1 Å². The highest BCUT2D eigenvalue weighted by Crippen LogP contribution is 2.44. The Hall–Kier alpha value is -3.13. The molecule has 0 aliphatic rings. The van der Waals surface area contributed by atoms with Gasteiger partial charge in [-0.25, -0.2) is 8.42 Å². The monoisotopic (exact) mass is 510 g/mol. The van der Waals surface area contributed by atoms with Crippen molar-refractivity contribution < 1.29 is 13.2 Å². The van der Waals surface area contributed by atoms with Crippen LogP contribution >= 0.6 is 22.9 Å². The lowest BCUT2D eigenvalue weighted by molar-refractivity contribution is 0.104. The van der Waals surface area contributed by atoms with Crippen LogP contribution in [0.2, 0.25) is 5.02 Å². The molecule has 0 saturated carbocycles. The van der Waals surface area contributed by atoms with E-state index in [1.807, 2.05) is 57.2 Å². The topological polar surface area (TPSA) is 89.3 Å². The molecule has 1 heterocycles. The summed E-state index contributed by atoms with van der Waals surface area (Å²) in [5.74, 6) is -0.315. The van der Waals surface area contributed by atoms with Gasteiger partial charge in [-0.3, -0.25) is 4.79 Å². The van der Waals surface area contributed by atoms with Gasteiger partial charge in [-0.05, 0) is 62.7 Å². The Kier molecular flexibility index (Phi) is 6.53. The molecule has 3 N–H and O–H groups in total. The second-order valence-electron chi connectivity index (χ2n) is 8.10. The van der Waals surface area contributed by atoms with Crippen molar-refractivity contribution in [1.29, 1.82) is 0 Å². The number of rotatable bonds is 6. The zero-order chi connectivity index (χ0) is 24.6. The van der Waals surface area contributed by atoms with Crippen LogP contribution in [0.4, 0.5) is 16.4 Å². The SMILES string of the molecule is Cc1ccc(Nc2sc(C(=O)c3ccc(C)cc3C)c(N)c2S(=O)(=O)c2ccc(Cl)cc2)cc1. The normalized spacial score (nSPS) is 11.4. The fourth-order valence-corrected chi connectivity index (χ4v) is 6.69. The summed E-state index contributed by atoms with van der Waals surface area (Å²) in [7, 11) is -4.04. The van der Waals surface area contributed by atoms with Gasteiger partial charge in [0.15, 0.2) is 0 Å². The number of carbonyl (C=O) groups excluding carboxylic acids is 1. The molecule has 34 heavy (non-hydrogen) atoms. The standard InChI is InChI=1S/C26H23ClN2O3S2/c1-15-4-9-19(10-5-15)29-26-25(34(31,32)20-11-7-18(27)8-12-20)22(28)24(33-26)23(30)21-13-6-16(2)14-17(21)3/h4-14,29H,28H2,1-3H3. The molecule has 0 amide bonds. The van der Waals surface area contributed by atoms with Crippen LogP contribution in [-0.2, 0) is 9.84 Å². The van der Waals surface area contributed by atoms with E-state index in [-0.39, 0.29) is 31.1 Å². The highest BCUT2D eigenvalue weighted by Gasteiger charge is 2.32. The van der Waals surface area contributed by atoms with Crippen molar-refractivity contribution in [2.24, 2.45) is 0 Å². The van der Waals surface area contributed by atoms with Crippen molar-refractivity contribution in [2.75, 3.05) is 11.1 Å². The predicted octanol–water partition coefficient (Wildman–Crippen LogP) is 6.72. The number of benzene rings is 3. The first kappa shape index (κ1) is 24.0. The molecule has 0 aliphatic carbocycles. The van der Waals surface area contributed by atoms with E-state index < -0.39 is 9.84 Å². The molecule has 3 aromatic carbocycles. The number of ketones is 1. The van der Waals surface area contributed by atoms with E-state index in [1.165, 1.54) is 24.3 Å². The summed E-state index contributed by atoms with van der Waals surface area (Å²) in [5, 5.41) is 3.86. The molecule has 4 aromatic rings. The van der Waals surface area contributed by atoms with Crippen LogP contribution in [0.5, 0.6) is 0 Å². The summed E-state index contributed by atoms with van der Waals surface area (Å²) in [6.45, 7) is 5.76. The number of carbonyl (C=O) groups is 1. The molecular weight excluding hydrogens is 488 g/mol. The third kappa shape index (κ3) is 4.59. The van der Waals surface area contributed by atoms with Crippen molar-refractivity contribution in [3.63, 3.8) is 0 Å². The fourth-order valence-electron chi connectivity index (χ4n) is 3.64. The molecule has 0 saturated heterocycles. The number of hydrogen-bond acceptors (Lipinski definition) is 6.